The fourth-order valence-electron chi connectivity index (χ4n) is 5.30. The largest absolute Gasteiger partial charge is 0.460 e. The van der Waals surface area contributed by atoms with Crippen molar-refractivity contribution in [2.24, 2.45) is 0 Å². The quantitative estimate of drug-likeness (QED) is 0.375. The van der Waals surface area contributed by atoms with E-state index < -0.39 is 17.2 Å². The number of esters is 1. The first-order valence-electron chi connectivity index (χ1n) is 14.6. The van der Waals surface area contributed by atoms with Gasteiger partial charge in [0.25, 0.3) is 5.91 Å². The number of hydrogen-bond acceptors (Lipinski definition) is 8. The summed E-state index contributed by atoms with van der Waals surface area (Å²) < 4.78 is 29.5. The lowest BCUT2D eigenvalue weighted by molar-refractivity contribution is -0.300. The Morgan fingerprint density at radius 2 is 1.27 bits per heavy atom. The van der Waals surface area contributed by atoms with Crippen molar-refractivity contribution in [1.82, 2.24) is 10.6 Å². The van der Waals surface area contributed by atoms with Gasteiger partial charge in [0.2, 0.25) is 5.91 Å². The zero-order valence-electron chi connectivity index (χ0n) is 25.6. The van der Waals surface area contributed by atoms with Crippen LogP contribution in [0.25, 0.3) is 0 Å². The van der Waals surface area contributed by atoms with Crippen LogP contribution in [0, 0.1) is 0 Å². The smallest absolute Gasteiger partial charge is 0.308 e. The number of carbonyl (C=O) groups excluding carboxylic acids is 3. The molecule has 2 fully saturated rings. The van der Waals surface area contributed by atoms with Gasteiger partial charge in [0.1, 0.15) is 5.60 Å². The molecule has 41 heavy (non-hydrogen) atoms. The molecule has 0 bridgehead atoms. The first-order valence-corrected chi connectivity index (χ1v) is 14.6. The van der Waals surface area contributed by atoms with E-state index in [0.717, 1.165) is 0 Å². The Hall–Kier alpha value is -2.53. The summed E-state index contributed by atoms with van der Waals surface area (Å²) in [6.45, 7) is 13.7. The van der Waals surface area contributed by atoms with Crippen LogP contribution in [-0.4, -0.2) is 72.5 Å². The molecule has 10 nitrogen and oxygen atoms in total. The first-order chi connectivity index (χ1) is 19.1. The standard InChI is InChI=1S/C31H48N2O8/c1-29(2,3)41-27(35)20-25-18-22(37-31(6,7)40-25)13-15-32-26(34)19-24-17-23(38-30(4,5)39-24)14-16-33-28(36)21-11-9-8-10-12-21/h8-12,22-25H,13-20H2,1-7H3,(H,32,34)(H,33,36)/t22-,23-,24-,25-/m1/s1. The summed E-state index contributed by atoms with van der Waals surface area (Å²) in [6, 6.07) is 9.07. The highest BCUT2D eigenvalue weighted by Crippen LogP contribution is 2.31. The average Bonchev–Trinajstić information content (AvgIpc) is 2.81. The van der Waals surface area contributed by atoms with Crippen molar-refractivity contribution >= 4 is 17.8 Å². The highest BCUT2D eigenvalue weighted by molar-refractivity contribution is 5.94. The minimum atomic E-state index is -0.837. The van der Waals surface area contributed by atoms with Gasteiger partial charge in [-0.25, -0.2) is 0 Å². The molecule has 0 aliphatic carbocycles. The summed E-state index contributed by atoms with van der Waals surface area (Å²) in [5.41, 5.74) is 0.0620. The number of rotatable bonds is 11. The predicted molar refractivity (Wildman–Crippen MR) is 153 cm³/mol. The van der Waals surface area contributed by atoms with Gasteiger partial charge in [-0.05, 0) is 73.4 Å². The first kappa shape index (κ1) is 33.0. The van der Waals surface area contributed by atoms with Crippen molar-refractivity contribution in [3.8, 4) is 0 Å². The van der Waals surface area contributed by atoms with E-state index in [9.17, 15) is 14.4 Å². The molecule has 0 spiro atoms. The van der Waals surface area contributed by atoms with E-state index in [0.29, 0.717) is 44.3 Å². The van der Waals surface area contributed by atoms with Gasteiger partial charge in [0.05, 0.1) is 37.3 Å². The topological polar surface area (TPSA) is 121 Å². The molecule has 2 heterocycles. The van der Waals surface area contributed by atoms with Crippen LogP contribution in [0.4, 0.5) is 0 Å². The number of ether oxygens (including phenoxy) is 5. The third-order valence-electron chi connectivity index (χ3n) is 6.66. The molecule has 10 heteroatoms. The van der Waals surface area contributed by atoms with Crippen molar-refractivity contribution in [1.29, 1.82) is 0 Å². The van der Waals surface area contributed by atoms with Crippen LogP contribution in [0.3, 0.4) is 0 Å². The number of amides is 2. The summed E-state index contributed by atoms with van der Waals surface area (Å²) in [5, 5.41) is 5.91. The van der Waals surface area contributed by atoms with Gasteiger partial charge in [0.15, 0.2) is 11.6 Å². The second-order valence-corrected chi connectivity index (χ2v) is 12.8. The monoisotopic (exact) mass is 576 g/mol. The lowest BCUT2D eigenvalue weighted by Gasteiger charge is -2.41. The molecule has 230 valence electrons. The van der Waals surface area contributed by atoms with Crippen LogP contribution < -0.4 is 10.6 Å². The molecule has 0 unspecified atom stereocenters. The van der Waals surface area contributed by atoms with E-state index in [-0.39, 0.29) is 55.0 Å². The van der Waals surface area contributed by atoms with Gasteiger partial charge >= 0.3 is 5.97 Å². The molecule has 0 radical (unpaired) electrons. The average molecular weight is 577 g/mol. The maximum atomic E-state index is 12.8. The Morgan fingerprint density at radius 1 is 0.780 bits per heavy atom. The van der Waals surface area contributed by atoms with Gasteiger partial charge in [-0.1, -0.05) is 18.2 Å². The van der Waals surface area contributed by atoms with Crippen molar-refractivity contribution in [2.45, 2.75) is 129 Å². The summed E-state index contributed by atoms with van der Waals surface area (Å²) in [6.07, 6.45) is 1.74. The number of hydrogen-bond donors (Lipinski definition) is 2. The lowest BCUT2D eigenvalue weighted by Crippen LogP contribution is -2.47. The van der Waals surface area contributed by atoms with Gasteiger partial charge in [-0.2, -0.15) is 0 Å². The van der Waals surface area contributed by atoms with E-state index in [1.165, 1.54) is 0 Å². The predicted octanol–water partition coefficient (Wildman–Crippen LogP) is 4.26. The molecule has 2 N–H and O–H groups in total. The highest BCUT2D eigenvalue weighted by atomic mass is 16.7. The molecular formula is C31H48N2O8. The molecule has 1 aromatic rings. The highest BCUT2D eigenvalue weighted by Gasteiger charge is 2.38. The molecular weight excluding hydrogens is 528 g/mol. The maximum Gasteiger partial charge on any atom is 0.308 e. The Labute approximate surface area is 244 Å². The zero-order valence-corrected chi connectivity index (χ0v) is 25.6. The minimum absolute atomic E-state index is 0.111. The maximum absolute atomic E-state index is 12.8. The van der Waals surface area contributed by atoms with E-state index in [1.807, 2.05) is 66.7 Å². The summed E-state index contributed by atoms with van der Waals surface area (Å²) in [5.74, 6) is -2.21. The Kier molecular flexibility index (Phi) is 11.3. The van der Waals surface area contributed by atoms with Crippen LogP contribution in [0.1, 0.15) is 97.3 Å². The lowest BCUT2D eigenvalue weighted by atomic mass is 10.0. The van der Waals surface area contributed by atoms with Crippen LogP contribution >= 0.6 is 0 Å². The van der Waals surface area contributed by atoms with Crippen molar-refractivity contribution in [2.75, 3.05) is 13.1 Å². The molecule has 0 aromatic heterocycles. The molecule has 1 aromatic carbocycles. The van der Waals surface area contributed by atoms with Crippen LogP contribution in [0.2, 0.25) is 0 Å². The minimum Gasteiger partial charge on any atom is -0.460 e. The molecule has 2 saturated heterocycles. The van der Waals surface area contributed by atoms with Crippen LogP contribution in [0.15, 0.2) is 30.3 Å². The Bertz CT molecular complexity index is 1020. The number of carbonyl (C=O) groups is 3. The number of benzene rings is 1. The normalized spacial score (nSPS) is 25.6. The Balaban J connectivity index is 1.41. The molecule has 2 aliphatic rings. The third kappa shape index (κ3) is 12.1. The summed E-state index contributed by atoms with van der Waals surface area (Å²) in [4.78, 5) is 37.4. The molecule has 2 aliphatic heterocycles. The fraction of sp³-hybridized carbons (Fsp3) is 0.710. The van der Waals surface area contributed by atoms with Crippen molar-refractivity contribution in [3.63, 3.8) is 0 Å². The summed E-state index contributed by atoms with van der Waals surface area (Å²) in [7, 11) is 0. The Morgan fingerprint density at radius 3 is 1.80 bits per heavy atom. The van der Waals surface area contributed by atoms with E-state index in [4.69, 9.17) is 23.7 Å². The molecule has 3 rings (SSSR count). The van der Waals surface area contributed by atoms with Crippen molar-refractivity contribution < 1.29 is 38.1 Å². The fourth-order valence-corrected chi connectivity index (χ4v) is 5.30. The molecule has 4 atom stereocenters. The van der Waals surface area contributed by atoms with Crippen LogP contribution in [0.5, 0.6) is 0 Å². The van der Waals surface area contributed by atoms with Crippen LogP contribution in [-0.2, 0) is 33.3 Å². The second-order valence-electron chi connectivity index (χ2n) is 12.8. The van der Waals surface area contributed by atoms with E-state index in [2.05, 4.69) is 10.6 Å². The van der Waals surface area contributed by atoms with E-state index >= 15 is 0 Å². The second kappa shape index (κ2) is 14.1. The SMILES string of the molecule is CC(C)(C)OC(=O)C[C@H]1C[C@@H](CCNC(=O)C[C@H]2C[C@@H](CCNC(=O)c3ccccc3)OC(C)(C)O2)OC(C)(C)O1. The van der Waals surface area contributed by atoms with Gasteiger partial charge in [0, 0.05) is 31.5 Å². The zero-order chi connectivity index (χ0) is 30.3. The van der Waals surface area contributed by atoms with Gasteiger partial charge in [-0.3, -0.25) is 14.4 Å². The number of nitrogens with one attached hydrogen (secondary N) is 2. The summed E-state index contributed by atoms with van der Waals surface area (Å²) >= 11 is 0. The van der Waals surface area contributed by atoms with Crippen molar-refractivity contribution in [3.05, 3.63) is 35.9 Å². The molecule has 0 saturated carbocycles. The third-order valence-corrected chi connectivity index (χ3v) is 6.66. The molecule has 2 amide bonds. The van der Waals surface area contributed by atoms with Gasteiger partial charge in [-0.15, -0.1) is 0 Å². The van der Waals surface area contributed by atoms with E-state index in [1.54, 1.807) is 12.1 Å². The van der Waals surface area contributed by atoms with Gasteiger partial charge < -0.3 is 34.3 Å².